The van der Waals surface area contributed by atoms with Gasteiger partial charge in [-0.05, 0) is 43.4 Å². The van der Waals surface area contributed by atoms with Gasteiger partial charge in [0.25, 0.3) is 0 Å². The Kier molecular flexibility index (Phi) is 6.37. The van der Waals surface area contributed by atoms with Crippen LogP contribution < -0.4 is 25.0 Å². The Morgan fingerprint density at radius 2 is 1.52 bits per heavy atom. The van der Waals surface area contributed by atoms with Crippen LogP contribution in [0.3, 0.4) is 0 Å². The molecule has 162 valence electrons. The number of hydrogen-bond acceptors (Lipinski definition) is 8. The van der Waals surface area contributed by atoms with Crippen LogP contribution in [0, 0.1) is 0 Å². The maximum absolute atomic E-state index is 5.44. The highest BCUT2D eigenvalue weighted by Gasteiger charge is 2.14. The van der Waals surface area contributed by atoms with Gasteiger partial charge in [-0.1, -0.05) is 0 Å². The van der Waals surface area contributed by atoms with Crippen molar-refractivity contribution in [3.05, 3.63) is 54.9 Å². The molecule has 0 radical (unpaired) electrons. The van der Waals surface area contributed by atoms with Gasteiger partial charge in [0, 0.05) is 49.7 Å². The van der Waals surface area contributed by atoms with Crippen molar-refractivity contribution in [3.63, 3.8) is 0 Å². The molecular weight excluding hydrogens is 392 g/mol. The van der Waals surface area contributed by atoms with Crippen LogP contribution in [0.15, 0.2) is 54.9 Å². The standard InChI is InChI=1S/C23H28N6O2/c1-28-10-12-29(13-11-28)18-6-4-17(5-7-18)26-22-15-23(25-16-24-22)27-20-9-8-19(30-2)14-21(20)31-3/h4-9,14-16H,10-13H2,1-3H3,(H2,24,25,26,27). The first kappa shape index (κ1) is 20.7. The zero-order valence-corrected chi connectivity index (χ0v) is 18.1. The number of methoxy groups -OCH3 is 2. The molecule has 8 nitrogen and oxygen atoms in total. The van der Waals surface area contributed by atoms with Crippen LogP contribution in [-0.4, -0.2) is 62.3 Å². The number of nitrogens with one attached hydrogen (secondary N) is 2. The van der Waals surface area contributed by atoms with E-state index in [1.54, 1.807) is 14.2 Å². The van der Waals surface area contributed by atoms with E-state index in [9.17, 15) is 0 Å². The lowest BCUT2D eigenvalue weighted by Crippen LogP contribution is -2.44. The van der Waals surface area contributed by atoms with Crippen molar-refractivity contribution in [3.8, 4) is 11.5 Å². The summed E-state index contributed by atoms with van der Waals surface area (Å²) in [7, 11) is 5.42. The van der Waals surface area contributed by atoms with E-state index in [0.717, 1.165) is 43.3 Å². The van der Waals surface area contributed by atoms with Crippen LogP contribution in [0.2, 0.25) is 0 Å². The number of piperazine rings is 1. The van der Waals surface area contributed by atoms with Crippen molar-refractivity contribution in [2.75, 3.05) is 63.0 Å². The number of anilines is 5. The van der Waals surface area contributed by atoms with Crippen molar-refractivity contribution < 1.29 is 9.47 Å². The smallest absolute Gasteiger partial charge is 0.146 e. The average molecular weight is 421 g/mol. The quantitative estimate of drug-likeness (QED) is 0.599. The maximum Gasteiger partial charge on any atom is 0.146 e. The number of rotatable bonds is 7. The molecule has 1 saturated heterocycles. The molecule has 2 aromatic carbocycles. The molecule has 0 aliphatic carbocycles. The Morgan fingerprint density at radius 1 is 0.806 bits per heavy atom. The summed E-state index contributed by atoms with van der Waals surface area (Å²) in [5, 5.41) is 6.62. The zero-order chi connectivity index (χ0) is 21.6. The SMILES string of the molecule is COc1ccc(Nc2cc(Nc3ccc(N4CCN(C)CC4)cc3)ncn2)c(OC)c1. The Morgan fingerprint density at radius 3 is 2.19 bits per heavy atom. The predicted octanol–water partition coefficient (Wildman–Crippen LogP) is 3.73. The normalized spacial score (nSPS) is 14.2. The topological polar surface area (TPSA) is 74.8 Å². The summed E-state index contributed by atoms with van der Waals surface area (Å²) >= 11 is 0. The van der Waals surface area contributed by atoms with Gasteiger partial charge in [0.2, 0.25) is 0 Å². The van der Waals surface area contributed by atoms with Gasteiger partial charge < -0.3 is 29.9 Å². The lowest BCUT2D eigenvalue weighted by molar-refractivity contribution is 0.313. The Hall–Kier alpha value is -3.52. The summed E-state index contributed by atoms with van der Waals surface area (Å²) in [5.41, 5.74) is 3.02. The summed E-state index contributed by atoms with van der Waals surface area (Å²) in [6, 6.07) is 15.9. The molecule has 1 aliphatic rings. The van der Waals surface area contributed by atoms with Crippen LogP contribution in [0.1, 0.15) is 0 Å². The molecular formula is C23H28N6O2. The first-order valence-corrected chi connectivity index (χ1v) is 10.3. The van der Waals surface area contributed by atoms with E-state index in [0.29, 0.717) is 17.4 Å². The van der Waals surface area contributed by atoms with Crippen molar-refractivity contribution in [1.82, 2.24) is 14.9 Å². The van der Waals surface area contributed by atoms with E-state index >= 15 is 0 Å². The summed E-state index contributed by atoms with van der Waals surface area (Å²) in [4.78, 5) is 13.4. The zero-order valence-electron chi connectivity index (χ0n) is 18.1. The lowest BCUT2D eigenvalue weighted by atomic mass is 10.2. The predicted molar refractivity (Wildman–Crippen MR) is 124 cm³/mol. The number of hydrogen-bond donors (Lipinski definition) is 2. The molecule has 0 atom stereocenters. The molecule has 0 spiro atoms. The van der Waals surface area contributed by atoms with Crippen LogP contribution >= 0.6 is 0 Å². The molecule has 4 rings (SSSR count). The molecule has 0 bridgehead atoms. The van der Waals surface area contributed by atoms with Crippen molar-refractivity contribution in [2.45, 2.75) is 0 Å². The molecule has 8 heteroatoms. The number of likely N-dealkylation sites (N-methyl/N-ethyl adjacent to an activating group) is 1. The molecule has 3 aromatic rings. The van der Waals surface area contributed by atoms with Gasteiger partial charge in [0.15, 0.2) is 0 Å². The summed E-state index contributed by atoms with van der Waals surface area (Å²) in [5.74, 6) is 2.77. The molecule has 2 heterocycles. The fourth-order valence-electron chi connectivity index (χ4n) is 3.50. The number of ether oxygens (including phenoxy) is 2. The third kappa shape index (κ3) is 5.16. The number of benzene rings is 2. The number of nitrogens with zero attached hydrogens (tertiary/aromatic N) is 4. The van der Waals surface area contributed by atoms with Crippen molar-refractivity contribution in [1.29, 1.82) is 0 Å². The fraction of sp³-hybridized carbons (Fsp3) is 0.304. The minimum Gasteiger partial charge on any atom is -0.497 e. The summed E-state index contributed by atoms with van der Waals surface area (Å²) in [6.07, 6.45) is 1.53. The first-order chi connectivity index (χ1) is 15.1. The minimum absolute atomic E-state index is 0.662. The molecule has 0 amide bonds. The molecule has 0 unspecified atom stereocenters. The average Bonchev–Trinajstić information content (AvgIpc) is 2.81. The van der Waals surface area contributed by atoms with Gasteiger partial charge in [-0.25, -0.2) is 9.97 Å². The molecule has 1 aromatic heterocycles. The van der Waals surface area contributed by atoms with Gasteiger partial charge in [-0.3, -0.25) is 0 Å². The van der Waals surface area contributed by atoms with E-state index in [1.165, 1.54) is 12.0 Å². The van der Waals surface area contributed by atoms with E-state index in [-0.39, 0.29) is 0 Å². The van der Waals surface area contributed by atoms with Gasteiger partial charge in [0.05, 0.1) is 19.9 Å². The molecule has 31 heavy (non-hydrogen) atoms. The third-order valence-electron chi connectivity index (χ3n) is 5.35. The highest BCUT2D eigenvalue weighted by molar-refractivity contribution is 5.68. The minimum atomic E-state index is 0.662. The van der Waals surface area contributed by atoms with E-state index in [4.69, 9.17) is 9.47 Å². The fourth-order valence-corrected chi connectivity index (χ4v) is 3.50. The molecule has 1 fully saturated rings. The van der Waals surface area contributed by atoms with Crippen LogP contribution in [0.5, 0.6) is 11.5 Å². The Labute approximate surface area is 182 Å². The lowest BCUT2D eigenvalue weighted by Gasteiger charge is -2.34. The maximum atomic E-state index is 5.44. The third-order valence-corrected chi connectivity index (χ3v) is 5.35. The van der Waals surface area contributed by atoms with Gasteiger partial charge >= 0.3 is 0 Å². The van der Waals surface area contributed by atoms with Crippen LogP contribution in [0.25, 0.3) is 0 Å². The van der Waals surface area contributed by atoms with Crippen LogP contribution in [-0.2, 0) is 0 Å². The second kappa shape index (κ2) is 9.53. The largest absolute Gasteiger partial charge is 0.497 e. The van der Waals surface area contributed by atoms with Gasteiger partial charge in [-0.2, -0.15) is 0 Å². The molecule has 1 aliphatic heterocycles. The van der Waals surface area contributed by atoms with Crippen LogP contribution in [0.4, 0.5) is 28.7 Å². The summed E-state index contributed by atoms with van der Waals surface area (Å²) < 4.78 is 10.7. The number of aromatic nitrogens is 2. The van der Waals surface area contributed by atoms with E-state index in [1.807, 2.05) is 24.3 Å². The van der Waals surface area contributed by atoms with Gasteiger partial charge in [-0.15, -0.1) is 0 Å². The summed E-state index contributed by atoms with van der Waals surface area (Å²) in [6.45, 7) is 4.30. The van der Waals surface area contributed by atoms with E-state index in [2.05, 4.69) is 61.7 Å². The Bertz CT molecular complexity index is 1000. The van der Waals surface area contributed by atoms with Gasteiger partial charge in [0.1, 0.15) is 29.5 Å². The van der Waals surface area contributed by atoms with Crippen molar-refractivity contribution >= 4 is 28.7 Å². The highest BCUT2D eigenvalue weighted by atomic mass is 16.5. The first-order valence-electron chi connectivity index (χ1n) is 10.3. The Balaban J connectivity index is 1.43. The highest BCUT2D eigenvalue weighted by Crippen LogP contribution is 2.31. The second-order valence-corrected chi connectivity index (χ2v) is 7.44. The monoisotopic (exact) mass is 420 g/mol. The molecule has 2 N–H and O–H groups in total. The second-order valence-electron chi connectivity index (χ2n) is 7.44. The molecule has 0 saturated carbocycles. The van der Waals surface area contributed by atoms with E-state index < -0.39 is 0 Å². The van der Waals surface area contributed by atoms with Crippen molar-refractivity contribution in [2.24, 2.45) is 0 Å².